The SMILES string of the molecule is CCCCCCCCCCCCCCCCCCOc1cc(C[O])cc(OCCCCCCCCCCCCCCCCCC)c1OCCCCCCCCCCCCCCCCCC. The molecule has 0 saturated carbocycles. The van der Waals surface area contributed by atoms with E-state index in [1.165, 1.54) is 289 Å². The van der Waals surface area contributed by atoms with Crippen LogP contribution in [0.2, 0.25) is 0 Å². The van der Waals surface area contributed by atoms with E-state index >= 15 is 0 Å². The number of hydrogen-bond donors (Lipinski definition) is 0. The Morgan fingerprint density at radius 2 is 0.446 bits per heavy atom. The first-order valence-electron chi connectivity index (χ1n) is 29.9. The minimum atomic E-state index is -0.274. The van der Waals surface area contributed by atoms with Crippen LogP contribution in [0.5, 0.6) is 17.2 Å². The summed E-state index contributed by atoms with van der Waals surface area (Å²) in [6, 6.07) is 3.84. The zero-order valence-electron chi connectivity index (χ0n) is 44.6. The molecule has 0 spiro atoms. The maximum atomic E-state index is 12.2. The fourth-order valence-corrected chi connectivity index (χ4v) is 9.56. The molecular formula is C61H115O4. The fraction of sp³-hybridized carbons (Fsp3) is 0.902. The van der Waals surface area contributed by atoms with E-state index in [0.29, 0.717) is 31.3 Å². The van der Waals surface area contributed by atoms with Gasteiger partial charge >= 0.3 is 0 Å². The topological polar surface area (TPSA) is 47.6 Å². The van der Waals surface area contributed by atoms with E-state index in [2.05, 4.69) is 20.8 Å². The van der Waals surface area contributed by atoms with E-state index in [1.54, 1.807) is 0 Å². The van der Waals surface area contributed by atoms with Crippen LogP contribution < -0.4 is 14.2 Å². The van der Waals surface area contributed by atoms with Gasteiger partial charge < -0.3 is 14.2 Å². The standard InChI is InChI=1S/C61H115O4/c1-4-7-10-13-16-19-22-25-28-31-34-37-40-43-46-49-52-63-59-55-58(57-62)56-60(64-53-50-47-44-41-38-35-32-29-26-23-20-17-14-11-8-5-2)61(59)65-54-51-48-45-42-39-36-33-30-27-24-21-18-15-12-9-6-3/h55-56H,4-54,57H2,1-3H3. The molecule has 383 valence electrons. The second kappa shape index (κ2) is 52.0. The van der Waals surface area contributed by atoms with Crippen LogP contribution in [0, 0.1) is 0 Å². The molecule has 4 heteroatoms. The number of unbranched alkanes of at least 4 members (excludes halogenated alkanes) is 45. The maximum absolute atomic E-state index is 12.2. The third kappa shape index (κ3) is 42.4. The van der Waals surface area contributed by atoms with E-state index < -0.39 is 0 Å². The maximum Gasteiger partial charge on any atom is 0.203 e. The molecule has 4 nitrogen and oxygen atoms in total. The van der Waals surface area contributed by atoms with Crippen LogP contribution in [-0.2, 0) is 11.7 Å². The lowest BCUT2D eigenvalue weighted by atomic mass is 10.0. The molecule has 1 aromatic rings. The molecule has 0 aliphatic rings. The first-order valence-corrected chi connectivity index (χ1v) is 29.9. The van der Waals surface area contributed by atoms with E-state index in [4.69, 9.17) is 14.2 Å². The number of rotatable bonds is 55. The fourth-order valence-electron chi connectivity index (χ4n) is 9.56. The molecule has 65 heavy (non-hydrogen) atoms. The van der Waals surface area contributed by atoms with Gasteiger partial charge in [-0.05, 0) is 37.0 Å². The van der Waals surface area contributed by atoms with Crippen LogP contribution in [0.3, 0.4) is 0 Å². The van der Waals surface area contributed by atoms with E-state index in [0.717, 1.165) is 30.6 Å². The van der Waals surface area contributed by atoms with Crippen LogP contribution in [0.1, 0.15) is 335 Å². The van der Waals surface area contributed by atoms with Crippen molar-refractivity contribution in [3.8, 4) is 17.2 Å². The summed E-state index contributed by atoms with van der Waals surface area (Å²) in [5, 5.41) is 12.2. The van der Waals surface area contributed by atoms with Gasteiger partial charge in [-0.15, -0.1) is 0 Å². The van der Waals surface area contributed by atoms with Crippen LogP contribution in [-0.4, -0.2) is 19.8 Å². The van der Waals surface area contributed by atoms with Gasteiger partial charge in [0, 0.05) is 0 Å². The summed E-state index contributed by atoms with van der Waals surface area (Å²) < 4.78 is 19.3. The van der Waals surface area contributed by atoms with Crippen molar-refractivity contribution in [3.05, 3.63) is 17.7 Å². The van der Waals surface area contributed by atoms with E-state index in [-0.39, 0.29) is 6.61 Å². The third-order valence-corrected chi connectivity index (χ3v) is 14.0. The van der Waals surface area contributed by atoms with Crippen molar-refractivity contribution in [1.29, 1.82) is 0 Å². The average molecular weight is 913 g/mol. The zero-order chi connectivity index (χ0) is 46.6. The summed E-state index contributed by atoms with van der Waals surface area (Å²) in [6.45, 7) is 8.61. The Morgan fingerprint density at radius 1 is 0.262 bits per heavy atom. The summed E-state index contributed by atoms with van der Waals surface area (Å²) in [4.78, 5) is 0. The van der Waals surface area contributed by atoms with Gasteiger partial charge in [-0.1, -0.05) is 310 Å². The smallest absolute Gasteiger partial charge is 0.203 e. The lowest BCUT2D eigenvalue weighted by Gasteiger charge is -2.18. The molecule has 0 N–H and O–H groups in total. The Balaban J connectivity index is 2.40. The highest BCUT2D eigenvalue weighted by Crippen LogP contribution is 2.40. The lowest BCUT2D eigenvalue weighted by Crippen LogP contribution is -2.07. The minimum Gasteiger partial charge on any atom is -0.490 e. The minimum absolute atomic E-state index is 0.274. The first-order chi connectivity index (χ1) is 32.3. The van der Waals surface area contributed by atoms with Crippen molar-refractivity contribution in [2.75, 3.05) is 19.8 Å². The molecule has 0 aromatic heterocycles. The molecular weight excluding hydrogens is 797 g/mol. The second-order valence-electron chi connectivity index (χ2n) is 20.5. The highest BCUT2D eigenvalue weighted by atomic mass is 16.5. The highest BCUT2D eigenvalue weighted by Gasteiger charge is 2.16. The molecule has 0 unspecified atom stereocenters. The quantitative estimate of drug-likeness (QED) is 0.0612. The number of benzene rings is 1. The Bertz CT molecular complexity index is 997. The van der Waals surface area contributed by atoms with Gasteiger partial charge in [-0.25, -0.2) is 5.11 Å². The molecule has 0 atom stereocenters. The van der Waals surface area contributed by atoms with Gasteiger partial charge in [0.05, 0.1) is 19.8 Å². The summed E-state index contributed by atoms with van der Waals surface area (Å²) >= 11 is 0. The summed E-state index contributed by atoms with van der Waals surface area (Å²) in [5.41, 5.74) is 0.726. The van der Waals surface area contributed by atoms with Crippen LogP contribution in [0.4, 0.5) is 0 Å². The molecule has 1 rings (SSSR count). The second-order valence-corrected chi connectivity index (χ2v) is 20.5. The molecule has 0 aliphatic carbocycles. The lowest BCUT2D eigenvalue weighted by molar-refractivity contribution is 0.175. The Hall–Kier alpha value is -1.42. The van der Waals surface area contributed by atoms with Crippen molar-refractivity contribution in [2.24, 2.45) is 0 Å². The Labute approximate surface area is 408 Å². The predicted molar refractivity (Wildman–Crippen MR) is 286 cm³/mol. The Kier molecular flexibility index (Phi) is 49.2. The van der Waals surface area contributed by atoms with Crippen molar-refractivity contribution in [1.82, 2.24) is 0 Å². The van der Waals surface area contributed by atoms with Crippen molar-refractivity contribution in [3.63, 3.8) is 0 Å². The van der Waals surface area contributed by atoms with Crippen LogP contribution in [0.15, 0.2) is 12.1 Å². The van der Waals surface area contributed by atoms with Gasteiger partial charge in [0.2, 0.25) is 5.75 Å². The van der Waals surface area contributed by atoms with Crippen molar-refractivity contribution >= 4 is 0 Å². The molecule has 1 aromatic carbocycles. The summed E-state index contributed by atoms with van der Waals surface area (Å²) in [7, 11) is 0. The number of ether oxygens (including phenoxy) is 3. The highest BCUT2D eigenvalue weighted by molar-refractivity contribution is 5.54. The Morgan fingerprint density at radius 3 is 0.646 bits per heavy atom. The molecule has 0 fully saturated rings. The number of hydrogen-bond acceptors (Lipinski definition) is 3. The summed E-state index contributed by atoms with van der Waals surface area (Å²) in [6.07, 6.45) is 65.3. The van der Waals surface area contributed by atoms with Gasteiger partial charge in [0.15, 0.2) is 11.5 Å². The molecule has 0 bridgehead atoms. The monoisotopic (exact) mass is 912 g/mol. The van der Waals surface area contributed by atoms with E-state index in [9.17, 15) is 5.11 Å². The third-order valence-electron chi connectivity index (χ3n) is 14.0. The van der Waals surface area contributed by atoms with Crippen molar-refractivity contribution < 1.29 is 19.3 Å². The molecule has 0 aliphatic heterocycles. The molecule has 1 radical (unpaired) electrons. The normalized spacial score (nSPS) is 11.5. The van der Waals surface area contributed by atoms with Gasteiger partial charge in [-0.3, -0.25) is 0 Å². The first kappa shape index (κ1) is 61.6. The van der Waals surface area contributed by atoms with Gasteiger partial charge in [0.1, 0.15) is 6.61 Å². The van der Waals surface area contributed by atoms with Crippen molar-refractivity contribution in [2.45, 2.75) is 336 Å². The molecule has 0 amide bonds. The van der Waals surface area contributed by atoms with Crippen LogP contribution >= 0.6 is 0 Å². The van der Waals surface area contributed by atoms with Gasteiger partial charge in [0.25, 0.3) is 0 Å². The molecule has 0 heterocycles. The predicted octanol–water partition coefficient (Wildman–Crippen LogP) is 21.5. The largest absolute Gasteiger partial charge is 0.490 e. The van der Waals surface area contributed by atoms with E-state index in [1.807, 2.05) is 12.1 Å². The summed E-state index contributed by atoms with van der Waals surface area (Å²) in [5.74, 6) is 2.13. The molecule has 0 saturated heterocycles. The van der Waals surface area contributed by atoms with Gasteiger partial charge in [-0.2, -0.15) is 0 Å². The van der Waals surface area contributed by atoms with Crippen LogP contribution in [0.25, 0.3) is 0 Å². The average Bonchev–Trinajstić information content (AvgIpc) is 3.32. The zero-order valence-corrected chi connectivity index (χ0v) is 44.6.